The van der Waals surface area contributed by atoms with E-state index in [1.54, 1.807) is 20.8 Å². The molecule has 0 aromatic rings. The van der Waals surface area contributed by atoms with Crippen molar-refractivity contribution >= 4 is 12.1 Å². The molecular formula is C10H17NO6. The van der Waals surface area contributed by atoms with Crippen molar-refractivity contribution in [2.75, 3.05) is 6.61 Å². The van der Waals surface area contributed by atoms with E-state index in [0.717, 1.165) is 0 Å². The van der Waals surface area contributed by atoms with Gasteiger partial charge < -0.3 is 25.0 Å². The van der Waals surface area contributed by atoms with Crippen LogP contribution in [0.3, 0.4) is 0 Å². The number of carbonyl (C=O) groups is 2. The van der Waals surface area contributed by atoms with Gasteiger partial charge in [-0.05, 0) is 20.8 Å². The number of ether oxygens (including phenoxy) is 2. The van der Waals surface area contributed by atoms with Gasteiger partial charge in [-0.15, -0.1) is 0 Å². The van der Waals surface area contributed by atoms with E-state index in [1.807, 2.05) is 0 Å². The molecule has 98 valence electrons. The van der Waals surface area contributed by atoms with E-state index in [-0.39, 0.29) is 6.61 Å². The molecule has 7 heteroatoms. The van der Waals surface area contributed by atoms with Gasteiger partial charge in [-0.2, -0.15) is 0 Å². The summed E-state index contributed by atoms with van der Waals surface area (Å²) < 4.78 is 9.55. The fourth-order valence-electron chi connectivity index (χ4n) is 1.30. The second-order valence-corrected chi connectivity index (χ2v) is 4.82. The highest BCUT2D eigenvalue weighted by Crippen LogP contribution is 2.12. The van der Waals surface area contributed by atoms with E-state index in [2.05, 4.69) is 10.1 Å². The van der Waals surface area contributed by atoms with Crippen LogP contribution in [0.5, 0.6) is 0 Å². The number of rotatable bonds is 1. The third-order valence-electron chi connectivity index (χ3n) is 2.08. The van der Waals surface area contributed by atoms with Crippen LogP contribution in [0.15, 0.2) is 0 Å². The molecule has 0 saturated carbocycles. The quantitative estimate of drug-likeness (QED) is 0.522. The number of aliphatic hydroxyl groups excluding tert-OH is 2. The minimum absolute atomic E-state index is 0.198. The lowest BCUT2D eigenvalue weighted by atomic mass is 10.0. The third-order valence-corrected chi connectivity index (χ3v) is 2.08. The van der Waals surface area contributed by atoms with Crippen molar-refractivity contribution in [3.8, 4) is 0 Å². The summed E-state index contributed by atoms with van der Waals surface area (Å²) in [5, 5.41) is 21.1. The predicted octanol–water partition coefficient (Wildman–Crippen LogP) is -0.842. The van der Waals surface area contributed by atoms with Gasteiger partial charge in [0.05, 0.1) is 6.04 Å². The maximum atomic E-state index is 11.4. The Bertz CT molecular complexity index is 310. The summed E-state index contributed by atoms with van der Waals surface area (Å²) in [5.41, 5.74) is -0.668. The number of hydrogen-bond donors (Lipinski definition) is 3. The van der Waals surface area contributed by atoms with E-state index in [0.29, 0.717) is 0 Å². The molecule has 3 unspecified atom stereocenters. The Morgan fingerprint density at radius 3 is 2.59 bits per heavy atom. The Balaban J connectivity index is 2.52. The van der Waals surface area contributed by atoms with E-state index >= 15 is 0 Å². The Hall–Kier alpha value is -1.34. The SMILES string of the molecule is CC(C)(C)OC(=O)NC1COC(=O)C(O)C1O. The summed E-state index contributed by atoms with van der Waals surface area (Å²) in [7, 11) is 0. The first-order valence-corrected chi connectivity index (χ1v) is 5.23. The normalized spacial score (nSPS) is 29.5. The lowest BCUT2D eigenvalue weighted by molar-refractivity contribution is -0.173. The number of carbonyl (C=O) groups excluding carboxylic acids is 2. The Morgan fingerprint density at radius 1 is 1.47 bits per heavy atom. The predicted molar refractivity (Wildman–Crippen MR) is 56.1 cm³/mol. The van der Waals surface area contributed by atoms with Crippen molar-refractivity contribution in [1.29, 1.82) is 0 Å². The number of cyclic esters (lactones) is 1. The molecule has 3 N–H and O–H groups in total. The van der Waals surface area contributed by atoms with Crippen LogP contribution < -0.4 is 5.32 Å². The number of esters is 1. The molecule has 7 nitrogen and oxygen atoms in total. The van der Waals surface area contributed by atoms with Crippen molar-refractivity contribution in [3.63, 3.8) is 0 Å². The fourth-order valence-corrected chi connectivity index (χ4v) is 1.30. The molecule has 0 bridgehead atoms. The van der Waals surface area contributed by atoms with Crippen molar-refractivity contribution in [3.05, 3.63) is 0 Å². The third kappa shape index (κ3) is 3.86. The monoisotopic (exact) mass is 247 g/mol. The average Bonchev–Trinajstić information content (AvgIpc) is 2.16. The maximum absolute atomic E-state index is 11.4. The second kappa shape index (κ2) is 4.89. The fraction of sp³-hybridized carbons (Fsp3) is 0.800. The zero-order valence-corrected chi connectivity index (χ0v) is 9.97. The van der Waals surface area contributed by atoms with Crippen LogP contribution in [0.2, 0.25) is 0 Å². The Labute approximate surface area is 98.7 Å². The van der Waals surface area contributed by atoms with Crippen LogP contribution >= 0.6 is 0 Å². The van der Waals surface area contributed by atoms with Crippen molar-refractivity contribution < 1.29 is 29.3 Å². The molecule has 1 aliphatic heterocycles. The molecule has 1 rings (SSSR count). The number of nitrogens with one attached hydrogen (secondary N) is 1. The molecular weight excluding hydrogens is 230 g/mol. The first kappa shape index (κ1) is 13.7. The first-order chi connectivity index (χ1) is 7.70. The topological polar surface area (TPSA) is 105 Å². The van der Waals surface area contributed by atoms with Gasteiger partial charge in [-0.3, -0.25) is 0 Å². The lowest BCUT2D eigenvalue weighted by Crippen LogP contribution is -2.58. The summed E-state index contributed by atoms with van der Waals surface area (Å²) in [4.78, 5) is 22.3. The van der Waals surface area contributed by atoms with E-state index in [1.165, 1.54) is 0 Å². The lowest BCUT2D eigenvalue weighted by Gasteiger charge is -2.31. The zero-order valence-electron chi connectivity index (χ0n) is 9.97. The molecule has 1 aliphatic rings. The second-order valence-electron chi connectivity index (χ2n) is 4.82. The van der Waals surface area contributed by atoms with Gasteiger partial charge in [-0.25, -0.2) is 9.59 Å². The van der Waals surface area contributed by atoms with Crippen LogP contribution in [0, 0.1) is 0 Å². The van der Waals surface area contributed by atoms with E-state index in [9.17, 15) is 19.8 Å². The van der Waals surface area contributed by atoms with E-state index in [4.69, 9.17) is 4.74 Å². The minimum Gasteiger partial charge on any atom is -0.461 e. The molecule has 0 aromatic heterocycles. The largest absolute Gasteiger partial charge is 0.461 e. The molecule has 0 aromatic carbocycles. The van der Waals surface area contributed by atoms with Gasteiger partial charge in [0.15, 0.2) is 6.10 Å². The Kier molecular flexibility index (Phi) is 3.94. The Morgan fingerprint density at radius 2 is 2.06 bits per heavy atom. The summed E-state index contributed by atoms with van der Waals surface area (Å²) in [6, 6.07) is -0.877. The zero-order chi connectivity index (χ0) is 13.2. The highest BCUT2D eigenvalue weighted by Gasteiger charge is 2.39. The number of aliphatic hydroxyl groups is 2. The van der Waals surface area contributed by atoms with E-state index < -0.39 is 35.9 Å². The highest BCUT2D eigenvalue weighted by atomic mass is 16.6. The maximum Gasteiger partial charge on any atom is 0.408 e. The number of amides is 1. The van der Waals surface area contributed by atoms with Crippen LogP contribution in [0.1, 0.15) is 20.8 Å². The van der Waals surface area contributed by atoms with Crippen molar-refractivity contribution in [1.82, 2.24) is 5.32 Å². The molecule has 0 radical (unpaired) electrons. The van der Waals surface area contributed by atoms with Crippen molar-refractivity contribution in [2.24, 2.45) is 0 Å². The highest BCUT2D eigenvalue weighted by molar-refractivity contribution is 5.77. The average molecular weight is 247 g/mol. The van der Waals surface area contributed by atoms with Crippen LogP contribution in [0.25, 0.3) is 0 Å². The van der Waals surface area contributed by atoms with Crippen LogP contribution in [-0.2, 0) is 14.3 Å². The molecule has 1 heterocycles. The molecule has 0 spiro atoms. The minimum atomic E-state index is -1.65. The van der Waals surface area contributed by atoms with Crippen LogP contribution in [0.4, 0.5) is 4.79 Å². The van der Waals surface area contributed by atoms with Gasteiger partial charge in [0.25, 0.3) is 0 Å². The molecule has 3 atom stereocenters. The van der Waals surface area contributed by atoms with Crippen LogP contribution in [-0.4, -0.2) is 52.7 Å². The molecule has 1 saturated heterocycles. The van der Waals surface area contributed by atoms with Gasteiger partial charge >= 0.3 is 12.1 Å². The molecule has 1 amide bonds. The summed E-state index contributed by atoms with van der Waals surface area (Å²) in [5.74, 6) is -0.903. The van der Waals surface area contributed by atoms with Crippen molar-refractivity contribution in [2.45, 2.75) is 44.6 Å². The summed E-state index contributed by atoms with van der Waals surface area (Å²) in [6.07, 6.45) is -3.79. The summed E-state index contributed by atoms with van der Waals surface area (Å²) in [6.45, 7) is 4.88. The van der Waals surface area contributed by atoms with Gasteiger partial charge in [-0.1, -0.05) is 0 Å². The first-order valence-electron chi connectivity index (χ1n) is 5.23. The summed E-state index contributed by atoms with van der Waals surface area (Å²) >= 11 is 0. The molecule has 1 fully saturated rings. The number of hydrogen-bond acceptors (Lipinski definition) is 6. The molecule has 17 heavy (non-hydrogen) atoms. The molecule has 0 aliphatic carbocycles. The van der Waals surface area contributed by atoms with Gasteiger partial charge in [0.2, 0.25) is 0 Å². The smallest absolute Gasteiger partial charge is 0.408 e. The number of alkyl carbamates (subject to hydrolysis) is 1. The van der Waals surface area contributed by atoms with Gasteiger partial charge in [0.1, 0.15) is 18.3 Å². The van der Waals surface area contributed by atoms with Gasteiger partial charge in [0, 0.05) is 0 Å². The standard InChI is InChI=1S/C10H17NO6/c1-10(2,3)17-9(15)11-5-4-16-8(14)7(13)6(5)12/h5-7,12-13H,4H2,1-3H3,(H,11,15).